The van der Waals surface area contributed by atoms with Crippen LogP contribution in [-0.4, -0.2) is 71.3 Å². The van der Waals surface area contributed by atoms with E-state index in [2.05, 4.69) is 6.58 Å². The standard InChI is InChI=1S/C26H33ClN2O6/c1-5-13-28(20-16(4)9-8-10-17(20)27)23(32)21-26-12-11-25(6-2,35-26)19(24(33)34-7-3)18(26)22(31)29(21)14-15-30/h5,8-10,18-19,21,30H,1,6-7,11-15H2,2-4H3/t18-,19+,21?,25-,26?/m0/s1. The summed E-state index contributed by atoms with van der Waals surface area (Å²) in [5, 5.41) is 10.2. The summed E-state index contributed by atoms with van der Waals surface area (Å²) in [4.78, 5) is 44.2. The Morgan fingerprint density at radius 3 is 2.71 bits per heavy atom. The maximum Gasteiger partial charge on any atom is 0.312 e. The van der Waals surface area contributed by atoms with Crippen molar-refractivity contribution in [2.75, 3.05) is 31.2 Å². The molecule has 2 unspecified atom stereocenters. The lowest BCUT2D eigenvalue weighted by molar-refractivity contribution is -0.160. The lowest BCUT2D eigenvalue weighted by atomic mass is 9.65. The van der Waals surface area contributed by atoms with E-state index in [-0.39, 0.29) is 38.1 Å². The number of carbonyl (C=O) groups excluding carboxylic acids is 3. The first-order chi connectivity index (χ1) is 16.7. The molecule has 3 heterocycles. The van der Waals surface area contributed by atoms with Gasteiger partial charge in [-0.15, -0.1) is 6.58 Å². The van der Waals surface area contributed by atoms with E-state index < -0.39 is 35.0 Å². The molecule has 1 aromatic carbocycles. The summed E-state index contributed by atoms with van der Waals surface area (Å²) in [6.07, 6.45) is 3.11. The van der Waals surface area contributed by atoms with Crippen LogP contribution < -0.4 is 4.90 Å². The second kappa shape index (κ2) is 9.56. The van der Waals surface area contributed by atoms with E-state index in [1.807, 2.05) is 19.9 Å². The van der Waals surface area contributed by atoms with Crippen LogP contribution in [-0.2, 0) is 23.9 Å². The minimum Gasteiger partial charge on any atom is -0.466 e. The molecule has 0 saturated carbocycles. The van der Waals surface area contributed by atoms with Crippen molar-refractivity contribution in [3.63, 3.8) is 0 Å². The van der Waals surface area contributed by atoms with Crippen LogP contribution in [0, 0.1) is 18.8 Å². The number of ether oxygens (including phenoxy) is 2. The Hall–Kier alpha value is -2.42. The van der Waals surface area contributed by atoms with E-state index in [1.165, 1.54) is 9.80 Å². The molecule has 2 bridgehead atoms. The molecule has 0 aromatic heterocycles. The number of aliphatic hydroxyl groups excluding tert-OH is 1. The summed E-state index contributed by atoms with van der Waals surface area (Å²) in [6, 6.07) is 4.35. The normalized spacial score (nSPS) is 30.9. The number of para-hydroxylation sites is 1. The van der Waals surface area contributed by atoms with Crippen LogP contribution in [0.25, 0.3) is 0 Å². The van der Waals surface area contributed by atoms with Crippen LogP contribution in [0.15, 0.2) is 30.9 Å². The van der Waals surface area contributed by atoms with Crippen LogP contribution in [0.5, 0.6) is 0 Å². The molecule has 190 valence electrons. The number of aryl methyl sites for hydroxylation is 1. The number of likely N-dealkylation sites (tertiary alicyclic amines) is 1. The van der Waals surface area contributed by atoms with Crippen LogP contribution in [0.1, 0.15) is 38.7 Å². The molecule has 3 aliphatic heterocycles. The average molecular weight is 505 g/mol. The van der Waals surface area contributed by atoms with Crippen molar-refractivity contribution in [2.24, 2.45) is 11.8 Å². The molecule has 3 aliphatic rings. The van der Waals surface area contributed by atoms with Gasteiger partial charge in [-0.1, -0.05) is 36.7 Å². The van der Waals surface area contributed by atoms with Gasteiger partial charge in [0, 0.05) is 13.1 Å². The number of β-amino-alcohol motifs (C(OH)–C–C–N with tert-alkyl or cyclic N) is 1. The molecule has 8 nitrogen and oxygen atoms in total. The van der Waals surface area contributed by atoms with Gasteiger partial charge in [0.25, 0.3) is 5.91 Å². The third-order valence-corrected chi connectivity index (χ3v) is 8.14. The fraction of sp³-hybridized carbons (Fsp3) is 0.577. The number of carbonyl (C=O) groups is 3. The SMILES string of the molecule is C=CCN(C(=O)C1N(CCO)C(=O)[C@@H]2[C@H](C(=O)OCC)[C@]3(CC)CCC12O3)c1c(C)cccc1Cl. The van der Waals surface area contributed by atoms with E-state index in [0.29, 0.717) is 30.0 Å². The van der Waals surface area contributed by atoms with Crippen molar-refractivity contribution in [3.8, 4) is 0 Å². The number of esters is 1. The maximum absolute atomic E-state index is 14.3. The van der Waals surface area contributed by atoms with Crippen molar-refractivity contribution in [2.45, 2.75) is 57.3 Å². The molecule has 1 aromatic rings. The van der Waals surface area contributed by atoms with E-state index >= 15 is 0 Å². The van der Waals surface area contributed by atoms with Crippen LogP contribution in [0.2, 0.25) is 5.02 Å². The lowest BCUT2D eigenvalue weighted by Crippen LogP contribution is -2.57. The summed E-state index contributed by atoms with van der Waals surface area (Å²) in [7, 11) is 0. The van der Waals surface area contributed by atoms with Crippen LogP contribution in [0.3, 0.4) is 0 Å². The highest BCUT2D eigenvalue weighted by molar-refractivity contribution is 6.34. The Bertz CT molecular complexity index is 1030. The zero-order valence-electron chi connectivity index (χ0n) is 20.5. The molecule has 9 heteroatoms. The highest BCUT2D eigenvalue weighted by Gasteiger charge is 2.79. The predicted molar refractivity (Wildman–Crippen MR) is 131 cm³/mol. The van der Waals surface area contributed by atoms with Crippen molar-refractivity contribution >= 4 is 35.1 Å². The Labute approximate surface area is 210 Å². The largest absolute Gasteiger partial charge is 0.466 e. The molecule has 1 N–H and O–H groups in total. The van der Waals surface area contributed by atoms with Gasteiger partial charge in [-0.3, -0.25) is 14.4 Å². The molecule has 5 atom stereocenters. The number of hydrogen-bond acceptors (Lipinski definition) is 6. The predicted octanol–water partition coefficient (Wildman–Crippen LogP) is 2.88. The molecule has 4 rings (SSSR count). The third kappa shape index (κ3) is 3.69. The van der Waals surface area contributed by atoms with Crippen LogP contribution >= 0.6 is 11.6 Å². The minimum atomic E-state index is -1.19. The molecule has 3 fully saturated rings. The molecular formula is C26H33ClN2O6. The summed E-state index contributed by atoms with van der Waals surface area (Å²) < 4.78 is 12.0. The molecule has 1 spiro atoms. The Morgan fingerprint density at radius 1 is 1.37 bits per heavy atom. The number of fused-ring (bicyclic) bond motifs is 1. The van der Waals surface area contributed by atoms with Crippen molar-refractivity contribution in [1.29, 1.82) is 0 Å². The molecule has 0 radical (unpaired) electrons. The second-order valence-corrected chi connectivity index (χ2v) is 9.89. The fourth-order valence-electron chi connectivity index (χ4n) is 6.47. The Balaban J connectivity index is 1.84. The zero-order valence-corrected chi connectivity index (χ0v) is 21.2. The fourth-order valence-corrected chi connectivity index (χ4v) is 6.79. The van der Waals surface area contributed by atoms with Gasteiger partial charge in [0.1, 0.15) is 17.6 Å². The lowest BCUT2D eigenvalue weighted by Gasteiger charge is -2.37. The third-order valence-electron chi connectivity index (χ3n) is 7.83. The summed E-state index contributed by atoms with van der Waals surface area (Å²) in [5.41, 5.74) is -0.716. The summed E-state index contributed by atoms with van der Waals surface area (Å²) in [6.45, 7) is 9.30. The quantitative estimate of drug-likeness (QED) is 0.410. The number of hydrogen-bond donors (Lipinski definition) is 1. The van der Waals surface area contributed by atoms with E-state index in [0.717, 1.165) is 5.56 Å². The maximum atomic E-state index is 14.3. The van der Waals surface area contributed by atoms with Gasteiger partial charge < -0.3 is 24.4 Å². The van der Waals surface area contributed by atoms with E-state index in [1.54, 1.807) is 25.1 Å². The second-order valence-electron chi connectivity index (χ2n) is 9.48. The molecule has 35 heavy (non-hydrogen) atoms. The van der Waals surface area contributed by atoms with Crippen molar-refractivity contribution < 1.29 is 29.0 Å². The Morgan fingerprint density at radius 2 is 2.11 bits per heavy atom. The number of benzene rings is 1. The number of halogens is 1. The molecule has 0 aliphatic carbocycles. The molecule has 3 saturated heterocycles. The molecular weight excluding hydrogens is 472 g/mol. The first kappa shape index (κ1) is 25.7. The topological polar surface area (TPSA) is 96.4 Å². The smallest absolute Gasteiger partial charge is 0.312 e. The van der Waals surface area contributed by atoms with Gasteiger partial charge in [0.05, 0.1) is 35.4 Å². The number of nitrogens with zero attached hydrogens (tertiary/aromatic N) is 2. The highest BCUT2D eigenvalue weighted by Crippen LogP contribution is 2.64. The van der Waals surface area contributed by atoms with Gasteiger partial charge in [0.2, 0.25) is 5.91 Å². The van der Waals surface area contributed by atoms with Gasteiger partial charge >= 0.3 is 5.97 Å². The van der Waals surface area contributed by atoms with Gasteiger partial charge in [-0.25, -0.2) is 0 Å². The Kier molecular flexibility index (Phi) is 7.01. The summed E-state index contributed by atoms with van der Waals surface area (Å²) in [5.74, 6) is -2.87. The van der Waals surface area contributed by atoms with Crippen LogP contribution in [0.4, 0.5) is 5.69 Å². The van der Waals surface area contributed by atoms with Gasteiger partial charge in [-0.2, -0.15) is 0 Å². The zero-order chi connectivity index (χ0) is 25.5. The average Bonchev–Trinajstić information content (AvgIpc) is 3.42. The minimum absolute atomic E-state index is 0.0467. The number of rotatable bonds is 9. The van der Waals surface area contributed by atoms with Crippen molar-refractivity contribution in [1.82, 2.24) is 4.90 Å². The first-order valence-electron chi connectivity index (χ1n) is 12.2. The number of anilines is 1. The monoisotopic (exact) mass is 504 g/mol. The first-order valence-corrected chi connectivity index (χ1v) is 12.6. The van der Waals surface area contributed by atoms with Gasteiger partial charge in [0.15, 0.2) is 0 Å². The van der Waals surface area contributed by atoms with Crippen molar-refractivity contribution in [3.05, 3.63) is 41.4 Å². The van der Waals surface area contributed by atoms with E-state index in [9.17, 15) is 19.5 Å². The van der Waals surface area contributed by atoms with Gasteiger partial charge in [-0.05, 0) is 44.7 Å². The highest BCUT2D eigenvalue weighted by atomic mass is 35.5. The summed E-state index contributed by atoms with van der Waals surface area (Å²) >= 11 is 6.53. The van der Waals surface area contributed by atoms with E-state index in [4.69, 9.17) is 21.1 Å². The number of amides is 2. The molecule has 2 amide bonds. The number of aliphatic hydroxyl groups is 1.